The van der Waals surface area contributed by atoms with Crippen LogP contribution in [0.3, 0.4) is 0 Å². The predicted molar refractivity (Wildman–Crippen MR) is 130 cm³/mol. The topological polar surface area (TPSA) is 111 Å². The molecule has 10 nitrogen and oxygen atoms in total. The number of likely N-dealkylation sites (tertiary alicyclic amines) is 1. The van der Waals surface area contributed by atoms with Crippen molar-refractivity contribution in [3.05, 3.63) is 53.6 Å². The lowest BCUT2D eigenvalue weighted by Gasteiger charge is -2.26. The zero-order valence-corrected chi connectivity index (χ0v) is 20.2. The van der Waals surface area contributed by atoms with Crippen molar-refractivity contribution in [1.29, 1.82) is 0 Å². The molecular formula is C24H26N6O4S. The second kappa shape index (κ2) is 10.3. The number of rotatable bonds is 6. The summed E-state index contributed by atoms with van der Waals surface area (Å²) < 4.78 is 13.1. The zero-order valence-electron chi connectivity index (χ0n) is 19.3. The molecule has 182 valence electrons. The van der Waals surface area contributed by atoms with E-state index in [-0.39, 0.29) is 23.6 Å². The number of tetrazole rings is 1. The van der Waals surface area contributed by atoms with E-state index in [0.29, 0.717) is 36.2 Å². The van der Waals surface area contributed by atoms with Crippen molar-refractivity contribution in [2.45, 2.75) is 30.5 Å². The molecule has 1 saturated heterocycles. The number of ether oxygens (including phenoxy) is 2. The highest BCUT2D eigenvalue weighted by Crippen LogP contribution is 2.38. The average molecular weight is 495 g/mol. The van der Waals surface area contributed by atoms with Gasteiger partial charge in [-0.15, -0.1) is 5.10 Å². The van der Waals surface area contributed by atoms with Gasteiger partial charge in [-0.1, -0.05) is 17.8 Å². The number of carbonyl (C=O) groups excluding carboxylic acids is 2. The highest BCUT2D eigenvalue weighted by Gasteiger charge is 2.31. The molecule has 1 aromatic heterocycles. The first-order chi connectivity index (χ1) is 17.1. The van der Waals surface area contributed by atoms with Crippen molar-refractivity contribution < 1.29 is 19.1 Å². The average Bonchev–Trinajstić information content (AvgIpc) is 3.45. The van der Waals surface area contributed by atoms with Crippen LogP contribution >= 0.6 is 11.8 Å². The molecule has 2 amide bonds. The maximum Gasteiger partial charge on any atom is 0.254 e. The van der Waals surface area contributed by atoms with Gasteiger partial charge in [-0.05, 0) is 65.2 Å². The Bertz CT molecular complexity index is 1210. The van der Waals surface area contributed by atoms with E-state index in [4.69, 9.17) is 9.47 Å². The molecule has 2 aliphatic rings. The fraction of sp³-hybridized carbons (Fsp3) is 0.375. The summed E-state index contributed by atoms with van der Waals surface area (Å²) in [5, 5.41) is 14.5. The highest BCUT2D eigenvalue weighted by atomic mass is 32.2. The van der Waals surface area contributed by atoms with E-state index in [2.05, 4.69) is 20.8 Å². The van der Waals surface area contributed by atoms with E-state index in [1.807, 2.05) is 23.1 Å². The van der Waals surface area contributed by atoms with E-state index in [1.54, 1.807) is 31.3 Å². The number of anilines is 1. The van der Waals surface area contributed by atoms with E-state index in [9.17, 15) is 9.59 Å². The normalized spacial score (nSPS) is 17.2. The van der Waals surface area contributed by atoms with Crippen LogP contribution in [0.1, 0.15) is 41.2 Å². The number of fused-ring (bicyclic) bond motifs is 1. The number of amides is 2. The number of benzene rings is 2. The van der Waals surface area contributed by atoms with Crippen molar-refractivity contribution in [2.75, 3.05) is 30.8 Å². The standard InChI is InChI=1S/C24H26N6O4S/c1-29-24(26-27-28-29)35-15-22(31)25-18-8-5-16(6-9-18)23(32)30-11-2-4-19(30)17-7-10-20-21(14-17)34-13-3-12-33-20/h5-10,14,19H,2-4,11-13,15H2,1H3,(H,25,31). The Hall–Kier alpha value is -3.60. The summed E-state index contributed by atoms with van der Waals surface area (Å²) in [6.07, 6.45) is 2.70. The Morgan fingerprint density at radius 2 is 1.89 bits per heavy atom. The molecule has 0 saturated carbocycles. The Balaban J connectivity index is 1.22. The number of hydrogen-bond donors (Lipinski definition) is 1. The lowest BCUT2D eigenvalue weighted by molar-refractivity contribution is -0.113. The maximum absolute atomic E-state index is 13.3. The molecule has 11 heteroatoms. The monoisotopic (exact) mass is 494 g/mol. The SMILES string of the molecule is Cn1nnnc1SCC(=O)Nc1ccc(C(=O)N2CCCC2c2ccc3c(c2)OCCCO3)cc1. The molecule has 1 N–H and O–H groups in total. The fourth-order valence-electron chi connectivity index (χ4n) is 4.28. The lowest BCUT2D eigenvalue weighted by atomic mass is 10.0. The van der Waals surface area contributed by atoms with Crippen molar-refractivity contribution in [3.8, 4) is 11.5 Å². The summed E-state index contributed by atoms with van der Waals surface area (Å²) in [6.45, 7) is 1.97. The summed E-state index contributed by atoms with van der Waals surface area (Å²) in [7, 11) is 1.72. The number of nitrogens with one attached hydrogen (secondary N) is 1. The Morgan fingerprint density at radius 3 is 2.66 bits per heavy atom. The van der Waals surface area contributed by atoms with Crippen molar-refractivity contribution in [1.82, 2.24) is 25.1 Å². The molecular weight excluding hydrogens is 468 g/mol. The number of carbonyl (C=O) groups is 2. The van der Waals surface area contributed by atoms with Gasteiger partial charge in [0.2, 0.25) is 11.1 Å². The van der Waals surface area contributed by atoms with Crippen LogP contribution in [0.5, 0.6) is 11.5 Å². The molecule has 0 bridgehead atoms. The molecule has 35 heavy (non-hydrogen) atoms. The first kappa shape index (κ1) is 23.2. The largest absolute Gasteiger partial charge is 0.490 e. The minimum atomic E-state index is -0.175. The molecule has 5 rings (SSSR count). The van der Waals surface area contributed by atoms with Crippen molar-refractivity contribution >= 4 is 29.3 Å². The number of aromatic nitrogens is 4. The molecule has 2 aromatic carbocycles. The molecule has 0 radical (unpaired) electrons. The quantitative estimate of drug-likeness (QED) is 0.521. The van der Waals surface area contributed by atoms with Gasteiger partial charge in [-0.25, -0.2) is 4.68 Å². The molecule has 1 unspecified atom stereocenters. The van der Waals surface area contributed by atoms with Gasteiger partial charge in [0.15, 0.2) is 11.5 Å². The predicted octanol–water partition coefficient (Wildman–Crippen LogP) is 3.08. The van der Waals surface area contributed by atoms with Crippen LogP contribution in [0.2, 0.25) is 0 Å². The second-order valence-corrected chi connectivity index (χ2v) is 9.35. The van der Waals surface area contributed by atoms with Crippen LogP contribution in [0, 0.1) is 0 Å². The third-order valence-corrected chi connectivity index (χ3v) is 7.01. The molecule has 1 atom stereocenters. The van der Waals surface area contributed by atoms with E-state index in [1.165, 1.54) is 16.4 Å². The van der Waals surface area contributed by atoms with E-state index < -0.39 is 0 Å². The molecule has 3 heterocycles. The molecule has 0 spiro atoms. The van der Waals surface area contributed by atoms with Gasteiger partial charge in [0.25, 0.3) is 5.91 Å². The Labute approximate surface area is 207 Å². The Kier molecular flexibility index (Phi) is 6.84. The highest BCUT2D eigenvalue weighted by molar-refractivity contribution is 7.99. The van der Waals surface area contributed by atoms with Crippen LogP contribution in [0.15, 0.2) is 47.6 Å². The smallest absolute Gasteiger partial charge is 0.254 e. The number of aryl methyl sites for hydroxylation is 1. The molecule has 2 aliphatic heterocycles. The lowest BCUT2D eigenvalue weighted by Crippen LogP contribution is -2.30. The summed E-state index contributed by atoms with van der Waals surface area (Å²) in [5.41, 5.74) is 2.27. The molecule has 3 aromatic rings. The number of thioether (sulfide) groups is 1. The summed E-state index contributed by atoms with van der Waals surface area (Å²) in [6, 6.07) is 13.0. The van der Waals surface area contributed by atoms with Gasteiger partial charge in [0.1, 0.15) is 0 Å². The minimum absolute atomic E-state index is 0.00819. The number of hydrogen-bond acceptors (Lipinski definition) is 8. The van der Waals surface area contributed by atoms with Crippen molar-refractivity contribution in [2.24, 2.45) is 7.05 Å². The van der Waals surface area contributed by atoms with Crippen LogP contribution < -0.4 is 14.8 Å². The minimum Gasteiger partial charge on any atom is -0.490 e. The third-order valence-electron chi connectivity index (χ3n) is 6.00. The Morgan fingerprint density at radius 1 is 1.09 bits per heavy atom. The summed E-state index contributed by atoms with van der Waals surface area (Å²) >= 11 is 1.25. The molecule has 1 fully saturated rings. The van der Waals surface area contributed by atoms with E-state index in [0.717, 1.165) is 36.3 Å². The van der Waals surface area contributed by atoms with Gasteiger partial charge < -0.3 is 19.7 Å². The fourth-order valence-corrected chi connectivity index (χ4v) is 4.93. The van der Waals surface area contributed by atoms with Crippen LogP contribution in [-0.4, -0.2) is 62.4 Å². The van der Waals surface area contributed by atoms with Gasteiger partial charge in [-0.3, -0.25) is 9.59 Å². The first-order valence-electron chi connectivity index (χ1n) is 11.5. The van der Waals surface area contributed by atoms with E-state index >= 15 is 0 Å². The first-order valence-corrected chi connectivity index (χ1v) is 12.5. The van der Waals surface area contributed by atoms with Gasteiger partial charge in [0.05, 0.1) is 25.0 Å². The van der Waals surface area contributed by atoms with Gasteiger partial charge in [0, 0.05) is 31.3 Å². The summed E-state index contributed by atoms with van der Waals surface area (Å²) in [5.74, 6) is 1.48. The van der Waals surface area contributed by atoms with Crippen LogP contribution in [0.25, 0.3) is 0 Å². The van der Waals surface area contributed by atoms with Crippen LogP contribution in [0.4, 0.5) is 5.69 Å². The second-order valence-electron chi connectivity index (χ2n) is 8.41. The zero-order chi connectivity index (χ0) is 24.2. The van der Waals surface area contributed by atoms with Gasteiger partial charge >= 0.3 is 0 Å². The maximum atomic E-state index is 13.3. The van der Waals surface area contributed by atoms with Gasteiger partial charge in [-0.2, -0.15) is 0 Å². The van der Waals surface area contributed by atoms with Crippen LogP contribution in [-0.2, 0) is 11.8 Å². The molecule has 0 aliphatic carbocycles. The third kappa shape index (κ3) is 5.24. The number of nitrogens with zero attached hydrogens (tertiary/aromatic N) is 5. The van der Waals surface area contributed by atoms with Crippen molar-refractivity contribution in [3.63, 3.8) is 0 Å². The summed E-state index contributed by atoms with van der Waals surface area (Å²) in [4.78, 5) is 27.5.